The number of nitrogens with zero attached hydrogens (tertiary/aromatic N) is 2. The molecule has 1 saturated carbocycles. The zero-order valence-electron chi connectivity index (χ0n) is 15.0. The van der Waals surface area contributed by atoms with Crippen LogP contribution in [-0.4, -0.2) is 20.9 Å². The Bertz CT molecular complexity index is 606. The van der Waals surface area contributed by atoms with Gasteiger partial charge < -0.3 is 0 Å². The van der Waals surface area contributed by atoms with Gasteiger partial charge in [-0.3, -0.25) is 0 Å². The summed E-state index contributed by atoms with van der Waals surface area (Å²) in [5.41, 5.74) is 1.30. The molecule has 0 aliphatic heterocycles. The van der Waals surface area contributed by atoms with Gasteiger partial charge in [-0.25, -0.2) is 9.29 Å². The van der Waals surface area contributed by atoms with Crippen LogP contribution in [0.15, 0.2) is 28.6 Å². The second kappa shape index (κ2) is 8.43. The molecule has 3 rings (SSSR count). The topological polar surface area (TPSA) is 16.1 Å². The third-order valence-electron chi connectivity index (χ3n) is 4.53. The first-order chi connectivity index (χ1) is 11.5. The minimum atomic E-state index is 0.179. The molecule has 0 radical (unpaired) electrons. The molecule has 0 unspecified atom stereocenters. The van der Waals surface area contributed by atoms with Gasteiger partial charge >= 0.3 is 0 Å². The van der Waals surface area contributed by atoms with Crippen molar-refractivity contribution in [3.05, 3.63) is 24.3 Å². The van der Waals surface area contributed by atoms with Gasteiger partial charge in [0.25, 0.3) is 0 Å². The molecule has 1 fully saturated rings. The number of benzene rings is 1. The maximum atomic E-state index is 4.78. The monoisotopic (exact) mass is 380 g/mol. The van der Waals surface area contributed by atoms with Crippen molar-refractivity contribution in [2.45, 2.75) is 81.6 Å². The number of para-hydroxylation sites is 1. The number of hydrogen-bond donors (Lipinski definition) is 0. The van der Waals surface area contributed by atoms with Crippen LogP contribution in [0, 0.1) is 0 Å². The molecule has 0 atom stereocenters. The van der Waals surface area contributed by atoms with E-state index in [2.05, 4.69) is 49.3 Å². The Balaban J connectivity index is 1.69. The summed E-state index contributed by atoms with van der Waals surface area (Å²) in [4.78, 5) is 4.78. The van der Waals surface area contributed by atoms with Crippen LogP contribution >= 0.6 is 33.1 Å². The van der Waals surface area contributed by atoms with Crippen molar-refractivity contribution in [1.82, 2.24) is 9.29 Å². The molecule has 1 aromatic carbocycles. The highest BCUT2D eigenvalue weighted by molar-refractivity contribution is 8.76. The molecule has 1 aromatic heterocycles. The van der Waals surface area contributed by atoms with E-state index in [0.29, 0.717) is 6.04 Å². The maximum Gasteiger partial charge on any atom is 0.162 e. The molecule has 1 heterocycles. The molecule has 1 aliphatic rings. The molecule has 0 spiro atoms. The zero-order chi connectivity index (χ0) is 17.0. The Kier molecular flexibility index (Phi) is 6.52. The summed E-state index contributed by atoms with van der Waals surface area (Å²) in [6.45, 7) is 7.03. The second-order valence-corrected chi connectivity index (χ2v) is 10.9. The molecule has 5 heteroatoms. The lowest BCUT2D eigenvalue weighted by Gasteiger charge is -2.40. The Morgan fingerprint density at radius 2 is 1.71 bits per heavy atom. The van der Waals surface area contributed by atoms with E-state index in [-0.39, 0.29) is 5.54 Å². The smallest absolute Gasteiger partial charge is 0.162 e. The molecule has 0 amide bonds. The highest BCUT2D eigenvalue weighted by Crippen LogP contribution is 2.44. The molecule has 0 saturated heterocycles. The van der Waals surface area contributed by atoms with Crippen LogP contribution in [-0.2, 0) is 0 Å². The van der Waals surface area contributed by atoms with Gasteiger partial charge in [-0.1, -0.05) is 44.2 Å². The SMILES string of the molecule is CC(C)(C)N(SSc1nc2ccccc2s1)C1CCCCCCC1. The number of thiazole rings is 1. The molecule has 0 bridgehead atoms. The molecular weight excluding hydrogens is 352 g/mol. The van der Waals surface area contributed by atoms with Gasteiger partial charge in [-0.05, 0) is 67.5 Å². The van der Waals surface area contributed by atoms with Gasteiger partial charge in [0.1, 0.15) is 0 Å². The van der Waals surface area contributed by atoms with Gasteiger partial charge in [0.05, 0.1) is 10.2 Å². The number of aromatic nitrogens is 1. The predicted octanol–water partition coefficient (Wildman–Crippen LogP) is 7.17. The van der Waals surface area contributed by atoms with Gasteiger partial charge in [-0.2, -0.15) is 0 Å². The summed E-state index contributed by atoms with van der Waals surface area (Å²) in [7, 11) is 3.75. The van der Waals surface area contributed by atoms with Gasteiger partial charge in [-0.15, -0.1) is 11.3 Å². The van der Waals surface area contributed by atoms with Crippen LogP contribution in [0.4, 0.5) is 0 Å². The number of hydrogen-bond acceptors (Lipinski definition) is 5. The molecule has 24 heavy (non-hydrogen) atoms. The Labute approximate surface area is 158 Å². The molecule has 0 N–H and O–H groups in total. The van der Waals surface area contributed by atoms with E-state index in [1.54, 1.807) is 0 Å². The van der Waals surface area contributed by atoms with Crippen LogP contribution < -0.4 is 0 Å². The summed E-state index contributed by atoms with van der Waals surface area (Å²) in [5, 5.41) is 0. The maximum absolute atomic E-state index is 4.78. The molecule has 132 valence electrons. The summed E-state index contributed by atoms with van der Waals surface area (Å²) in [6, 6.07) is 9.13. The van der Waals surface area contributed by atoms with Gasteiger partial charge in [0.2, 0.25) is 0 Å². The fourth-order valence-electron chi connectivity index (χ4n) is 3.35. The average Bonchev–Trinajstić information content (AvgIpc) is 2.90. The van der Waals surface area contributed by atoms with E-state index in [0.717, 1.165) is 5.52 Å². The average molecular weight is 381 g/mol. The Morgan fingerprint density at radius 3 is 2.38 bits per heavy atom. The fraction of sp³-hybridized carbons (Fsp3) is 0.632. The van der Waals surface area contributed by atoms with E-state index in [1.165, 1.54) is 54.0 Å². The van der Waals surface area contributed by atoms with Crippen LogP contribution in [0.25, 0.3) is 10.2 Å². The fourth-order valence-corrected chi connectivity index (χ4v) is 7.45. The van der Waals surface area contributed by atoms with Crippen molar-refractivity contribution in [3.8, 4) is 0 Å². The summed E-state index contributed by atoms with van der Waals surface area (Å²) in [5.74, 6) is 0. The lowest BCUT2D eigenvalue weighted by molar-refractivity contribution is 0.183. The van der Waals surface area contributed by atoms with E-state index >= 15 is 0 Å². The number of rotatable bonds is 4. The van der Waals surface area contributed by atoms with Crippen molar-refractivity contribution < 1.29 is 0 Å². The first-order valence-electron chi connectivity index (χ1n) is 9.03. The van der Waals surface area contributed by atoms with E-state index in [9.17, 15) is 0 Å². The Morgan fingerprint density at radius 1 is 1.04 bits per heavy atom. The minimum Gasteiger partial charge on any atom is -0.233 e. The van der Waals surface area contributed by atoms with Gasteiger partial charge in [0.15, 0.2) is 4.34 Å². The van der Waals surface area contributed by atoms with Crippen molar-refractivity contribution in [1.29, 1.82) is 0 Å². The standard InChI is InChI=1S/C19H28N2S3/c1-19(2,3)21(15-11-7-5-4-6-8-12-15)24-23-18-20-16-13-9-10-14-17(16)22-18/h9-10,13-15H,4-8,11-12H2,1-3H3. The van der Waals surface area contributed by atoms with Crippen molar-refractivity contribution in [2.24, 2.45) is 0 Å². The van der Waals surface area contributed by atoms with Crippen molar-refractivity contribution >= 4 is 43.3 Å². The van der Waals surface area contributed by atoms with Crippen molar-refractivity contribution in [3.63, 3.8) is 0 Å². The Hall–Kier alpha value is -0.230. The zero-order valence-corrected chi connectivity index (χ0v) is 17.4. The minimum absolute atomic E-state index is 0.179. The van der Waals surface area contributed by atoms with Crippen LogP contribution in [0.3, 0.4) is 0 Å². The van der Waals surface area contributed by atoms with Crippen molar-refractivity contribution in [2.75, 3.05) is 0 Å². The van der Waals surface area contributed by atoms with E-state index < -0.39 is 0 Å². The molecule has 2 aromatic rings. The normalized spacial score (nSPS) is 18.0. The second-order valence-electron chi connectivity index (χ2n) is 7.60. The first-order valence-corrected chi connectivity index (χ1v) is 12.0. The number of fused-ring (bicyclic) bond motifs is 1. The third kappa shape index (κ3) is 4.90. The molecule has 1 aliphatic carbocycles. The summed E-state index contributed by atoms with van der Waals surface area (Å²) >= 11 is 1.81. The highest BCUT2D eigenvalue weighted by Gasteiger charge is 2.30. The largest absolute Gasteiger partial charge is 0.233 e. The summed E-state index contributed by atoms with van der Waals surface area (Å²) < 4.78 is 5.10. The highest BCUT2D eigenvalue weighted by atomic mass is 33.1. The quantitative estimate of drug-likeness (QED) is 0.413. The first kappa shape index (κ1) is 18.6. The molecule has 2 nitrogen and oxygen atoms in total. The van der Waals surface area contributed by atoms with Crippen LogP contribution in [0.1, 0.15) is 65.7 Å². The summed E-state index contributed by atoms with van der Waals surface area (Å²) in [6.07, 6.45) is 9.67. The third-order valence-corrected chi connectivity index (χ3v) is 8.67. The van der Waals surface area contributed by atoms with E-state index in [1.807, 2.05) is 33.1 Å². The predicted molar refractivity (Wildman–Crippen MR) is 111 cm³/mol. The van der Waals surface area contributed by atoms with Gasteiger partial charge in [0, 0.05) is 11.6 Å². The van der Waals surface area contributed by atoms with Crippen LogP contribution in [0.2, 0.25) is 0 Å². The van der Waals surface area contributed by atoms with E-state index in [4.69, 9.17) is 4.98 Å². The molecular formula is C19H28N2S3. The van der Waals surface area contributed by atoms with Crippen LogP contribution in [0.5, 0.6) is 0 Å². The lowest BCUT2D eigenvalue weighted by atomic mass is 9.94. The lowest BCUT2D eigenvalue weighted by Crippen LogP contribution is -2.43.